The van der Waals surface area contributed by atoms with Gasteiger partial charge in [0.1, 0.15) is 0 Å². The van der Waals surface area contributed by atoms with E-state index in [1.165, 1.54) is 0 Å². The van der Waals surface area contributed by atoms with Crippen molar-refractivity contribution in [3.8, 4) is 0 Å². The van der Waals surface area contributed by atoms with Gasteiger partial charge in [0.05, 0.1) is 12.1 Å². The number of rotatable bonds is 5. The monoisotopic (exact) mass is 360 g/mol. The van der Waals surface area contributed by atoms with Crippen molar-refractivity contribution in [3.05, 3.63) is 0 Å². The number of amides is 2. The lowest BCUT2D eigenvalue weighted by Crippen LogP contribution is -2.58. The van der Waals surface area contributed by atoms with Crippen molar-refractivity contribution >= 4 is 24.2 Å². The average Bonchev–Trinajstić information content (AvgIpc) is 3.13. The molecule has 0 spiro atoms. The summed E-state index contributed by atoms with van der Waals surface area (Å²) in [5.41, 5.74) is 6.06. The first-order valence-electron chi connectivity index (χ1n) is 9.03. The molecule has 7 heteroatoms. The van der Waals surface area contributed by atoms with E-state index in [4.69, 9.17) is 5.73 Å². The number of piperazine rings is 1. The van der Waals surface area contributed by atoms with Crippen molar-refractivity contribution in [3.63, 3.8) is 0 Å². The van der Waals surface area contributed by atoms with Crippen LogP contribution in [0.2, 0.25) is 0 Å². The molecule has 140 valence electrons. The molecule has 2 amide bonds. The van der Waals surface area contributed by atoms with Crippen LogP contribution in [0.15, 0.2) is 0 Å². The smallest absolute Gasteiger partial charge is 0.239 e. The molecular weight excluding hydrogens is 328 g/mol. The van der Waals surface area contributed by atoms with Crippen LogP contribution in [0.5, 0.6) is 0 Å². The number of likely N-dealkylation sites (tertiary alicyclic amines) is 1. The Kier molecular flexibility index (Phi) is 8.46. The summed E-state index contributed by atoms with van der Waals surface area (Å²) < 4.78 is 0. The van der Waals surface area contributed by atoms with Gasteiger partial charge in [0.2, 0.25) is 11.8 Å². The Morgan fingerprint density at radius 1 is 0.917 bits per heavy atom. The Hall–Kier alpha value is -0.850. The van der Waals surface area contributed by atoms with E-state index in [-0.39, 0.29) is 36.2 Å². The maximum Gasteiger partial charge on any atom is 0.239 e. The Bertz CT molecular complexity index is 421. The molecule has 0 saturated carbocycles. The molecule has 0 aromatic carbocycles. The van der Waals surface area contributed by atoms with Gasteiger partial charge in [-0.1, -0.05) is 20.3 Å². The molecule has 0 aromatic heterocycles. The summed E-state index contributed by atoms with van der Waals surface area (Å²) in [6.07, 6.45) is 3.15. The minimum Gasteiger partial charge on any atom is -0.341 e. The number of nitrogens with zero attached hydrogens (tertiary/aromatic N) is 3. The lowest BCUT2D eigenvalue weighted by atomic mass is 9.98. The molecule has 2 N–H and O–H groups in total. The van der Waals surface area contributed by atoms with E-state index in [1.54, 1.807) is 0 Å². The molecule has 2 aliphatic rings. The highest BCUT2D eigenvalue weighted by Crippen LogP contribution is 2.15. The zero-order chi connectivity index (χ0) is 17.0. The van der Waals surface area contributed by atoms with Gasteiger partial charge < -0.3 is 15.5 Å². The van der Waals surface area contributed by atoms with Gasteiger partial charge in [-0.05, 0) is 25.7 Å². The van der Waals surface area contributed by atoms with E-state index in [9.17, 15) is 9.59 Å². The van der Waals surface area contributed by atoms with E-state index in [0.717, 1.165) is 45.4 Å². The summed E-state index contributed by atoms with van der Waals surface area (Å²) in [5.74, 6) is 0.493. The van der Waals surface area contributed by atoms with Crippen LogP contribution < -0.4 is 5.73 Å². The SMILES string of the molecule is CCC(C)C(N)C(=O)N1CCN(C(C)C(=O)N2CCCC2)CC1.Cl. The van der Waals surface area contributed by atoms with Gasteiger partial charge >= 0.3 is 0 Å². The van der Waals surface area contributed by atoms with E-state index >= 15 is 0 Å². The van der Waals surface area contributed by atoms with E-state index < -0.39 is 6.04 Å². The second kappa shape index (κ2) is 9.59. The van der Waals surface area contributed by atoms with Crippen LogP contribution in [0.4, 0.5) is 0 Å². The predicted molar refractivity (Wildman–Crippen MR) is 98.1 cm³/mol. The van der Waals surface area contributed by atoms with Gasteiger partial charge in [-0.15, -0.1) is 12.4 Å². The van der Waals surface area contributed by atoms with Gasteiger partial charge in [-0.25, -0.2) is 0 Å². The predicted octanol–water partition coefficient (Wildman–Crippen LogP) is 0.937. The van der Waals surface area contributed by atoms with Gasteiger partial charge in [0.15, 0.2) is 0 Å². The zero-order valence-electron chi connectivity index (χ0n) is 15.2. The third-order valence-corrected chi connectivity index (χ3v) is 5.49. The van der Waals surface area contributed by atoms with Crippen LogP contribution >= 0.6 is 12.4 Å². The molecule has 2 rings (SSSR count). The van der Waals surface area contributed by atoms with Crippen LogP contribution in [0, 0.1) is 5.92 Å². The average molecular weight is 361 g/mol. The highest BCUT2D eigenvalue weighted by atomic mass is 35.5. The molecule has 24 heavy (non-hydrogen) atoms. The molecule has 2 saturated heterocycles. The van der Waals surface area contributed by atoms with Crippen molar-refractivity contribution in [2.24, 2.45) is 11.7 Å². The van der Waals surface area contributed by atoms with Crippen molar-refractivity contribution < 1.29 is 9.59 Å². The molecule has 2 aliphatic heterocycles. The maximum atomic E-state index is 12.5. The highest BCUT2D eigenvalue weighted by Gasteiger charge is 2.32. The first kappa shape index (κ1) is 21.2. The molecule has 6 nitrogen and oxygen atoms in total. The first-order valence-corrected chi connectivity index (χ1v) is 9.03. The van der Waals surface area contributed by atoms with Gasteiger partial charge in [0.25, 0.3) is 0 Å². The Morgan fingerprint density at radius 2 is 1.42 bits per heavy atom. The fourth-order valence-corrected chi connectivity index (χ4v) is 3.40. The van der Waals surface area contributed by atoms with Crippen molar-refractivity contribution in [1.29, 1.82) is 0 Å². The fourth-order valence-electron chi connectivity index (χ4n) is 3.40. The van der Waals surface area contributed by atoms with Gasteiger partial charge in [-0.2, -0.15) is 0 Å². The molecule has 0 bridgehead atoms. The van der Waals surface area contributed by atoms with E-state index in [2.05, 4.69) is 11.8 Å². The fraction of sp³-hybridized carbons (Fsp3) is 0.882. The van der Waals surface area contributed by atoms with E-state index in [1.807, 2.05) is 23.6 Å². The number of nitrogens with two attached hydrogens (primary N) is 1. The Morgan fingerprint density at radius 3 is 1.92 bits per heavy atom. The molecule has 0 aromatic rings. The third-order valence-electron chi connectivity index (χ3n) is 5.49. The molecular formula is C17H33ClN4O2. The third kappa shape index (κ3) is 4.83. The standard InChI is InChI=1S/C17H32N4O2.ClH/c1-4-13(2)15(18)17(23)21-11-9-19(10-12-21)14(3)16(22)20-7-5-6-8-20;/h13-15H,4-12,18H2,1-3H3;1H. The second-order valence-corrected chi connectivity index (χ2v) is 6.98. The topological polar surface area (TPSA) is 69.9 Å². The summed E-state index contributed by atoms with van der Waals surface area (Å²) >= 11 is 0. The lowest BCUT2D eigenvalue weighted by Gasteiger charge is -2.39. The van der Waals surface area contributed by atoms with Crippen LogP contribution in [-0.2, 0) is 9.59 Å². The van der Waals surface area contributed by atoms with Crippen molar-refractivity contribution in [1.82, 2.24) is 14.7 Å². The molecule has 3 atom stereocenters. The summed E-state index contributed by atoms with van der Waals surface area (Å²) in [6.45, 7) is 10.7. The molecule has 2 heterocycles. The molecule has 0 radical (unpaired) electrons. The summed E-state index contributed by atoms with van der Waals surface area (Å²) in [6, 6.07) is -0.496. The normalized spacial score (nSPS) is 22.7. The van der Waals surface area contributed by atoms with Crippen LogP contribution in [0.3, 0.4) is 0 Å². The summed E-state index contributed by atoms with van der Waals surface area (Å²) in [7, 11) is 0. The Labute approximate surface area is 152 Å². The highest BCUT2D eigenvalue weighted by molar-refractivity contribution is 5.85. The van der Waals surface area contributed by atoms with Gasteiger partial charge in [0, 0.05) is 39.3 Å². The zero-order valence-corrected chi connectivity index (χ0v) is 16.1. The number of hydrogen-bond donors (Lipinski definition) is 1. The largest absolute Gasteiger partial charge is 0.341 e. The minimum absolute atomic E-state index is 0. The molecule has 3 unspecified atom stereocenters. The minimum atomic E-state index is -0.407. The first-order chi connectivity index (χ1) is 11.0. The lowest BCUT2D eigenvalue weighted by molar-refractivity contribution is -0.139. The second-order valence-electron chi connectivity index (χ2n) is 6.98. The quantitative estimate of drug-likeness (QED) is 0.792. The van der Waals surface area contributed by atoms with Crippen LogP contribution in [0.25, 0.3) is 0 Å². The van der Waals surface area contributed by atoms with Crippen molar-refractivity contribution in [2.75, 3.05) is 39.3 Å². The van der Waals surface area contributed by atoms with Gasteiger partial charge in [-0.3, -0.25) is 14.5 Å². The van der Waals surface area contributed by atoms with E-state index in [0.29, 0.717) is 13.1 Å². The molecule has 2 fully saturated rings. The van der Waals surface area contributed by atoms with Crippen LogP contribution in [0.1, 0.15) is 40.0 Å². The number of hydrogen-bond acceptors (Lipinski definition) is 4. The Balaban J connectivity index is 0.00000288. The number of carbonyl (C=O) groups is 2. The summed E-state index contributed by atoms with van der Waals surface area (Å²) in [5, 5.41) is 0. The maximum absolute atomic E-state index is 12.5. The summed E-state index contributed by atoms with van der Waals surface area (Å²) in [4.78, 5) is 30.9. The number of carbonyl (C=O) groups excluding carboxylic acids is 2. The van der Waals surface area contributed by atoms with Crippen LogP contribution in [-0.4, -0.2) is 77.9 Å². The number of halogens is 1. The molecule has 0 aliphatic carbocycles. The van der Waals surface area contributed by atoms with Crippen molar-refractivity contribution in [2.45, 2.75) is 52.1 Å².